The Labute approximate surface area is 194 Å². The molecular weight excluding hydrogens is 412 g/mol. The highest BCUT2D eigenvalue weighted by Crippen LogP contribution is 2.44. The van der Waals surface area contributed by atoms with E-state index in [1.54, 1.807) is 7.11 Å². The average Bonchev–Trinajstić information content (AvgIpc) is 3.01. The molecule has 0 aromatic heterocycles. The second-order valence-corrected chi connectivity index (χ2v) is 8.45. The van der Waals surface area contributed by atoms with Gasteiger partial charge in [0.05, 0.1) is 31.1 Å². The normalized spacial score (nSPS) is 19.5. The minimum atomic E-state index is -0.254. The zero-order chi connectivity index (χ0) is 22.8. The lowest BCUT2D eigenvalue weighted by Gasteiger charge is -2.30. The highest BCUT2D eigenvalue weighted by Gasteiger charge is 2.36. The molecule has 0 saturated carbocycles. The lowest BCUT2D eigenvalue weighted by atomic mass is 9.78. The van der Waals surface area contributed by atoms with Gasteiger partial charge in [0.25, 0.3) is 0 Å². The fourth-order valence-corrected chi connectivity index (χ4v) is 4.82. The molecule has 1 heterocycles. The van der Waals surface area contributed by atoms with Crippen LogP contribution < -0.4 is 20.1 Å². The first-order valence-corrected chi connectivity index (χ1v) is 11.4. The molecule has 2 aliphatic rings. The second-order valence-electron chi connectivity index (χ2n) is 8.45. The SMILES string of the molecule is CCOc1cccc([C@H]2Nc3ccccc3NC3=C2C(=O)C[C@H](c2cccc(OC)c2)C3)c1. The van der Waals surface area contributed by atoms with Gasteiger partial charge in [-0.1, -0.05) is 36.4 Å². The summed E-state index contributed by atoms with van der Waals surface area (Å²) in [6, 6.07) is 23.9. The van der Waals surface area contributed by atoms with Crippen LogP contribution in [0.2, 0.25) is 0 Å². The average molecular weight is 441 g/mol. The zero-order valence-electron chi connectivity index (χ0n) is 18.9. The van der Waals surface area contributed by atoms with Crippen molar-refractivity contribution in [3.05, 3.63) is 95.2 Å². The van der Waals surface area contributed by atoms with E-state index in [9.17, 15) is 4.79 Å². The zero-order valence-corrected chi connectivity index (χ0v) is 18.9. The van der Waals surface area contributed by atoms with Gasteiger partial charge < -0.3 is 20.1 Å². The van der Waals surface area contributed by atoms with E-state index in [0.717, 1.165) is 51.7 Å². The van der Waals surface area contributed by atoms with E-state index in [4.69, 9.17) is 9.47 Å². The van der Waals surface area contributed by atoms with Crippen molar-refractivity contribution in [3.63, 3.8) is 0 Å². The van der Waals surface area contributed by atoms with E-state index < -0.39 is 0 Å². The van der Waals surface area contributed by atoms with Gasteiger partial charge >= 0.3 is 0 Å². The summed E-state index contributed by atoms with van der Waals surface area (Å²) in [6.07, 6.45) is 1.22. The summed E-state index contributed by atoms with van der Waals surface area (Å²) >= 11 is 0. The Morgan fingerprint density at radius 3 is 2.39 bits per heavy atom. The van der Waals surface area contributed by atoms with Crippen LogP contribution in [0.3, 0.4) is 0 Å². The molecule has 5 heteroatoms. The van der Waals surface area contributed by atoms with Crippen molar-refractivity contribution in [2.75, 3.05) is 24.4 Å². The number of methoxy groups -OCH3 is 1. The molecule has 3 aromatic carbocycles. The lowest BCUT2D eigenvalue weighted by Crippen LogP contribution is -2.26. The molecule has 0 amide bonds. The number of fused-ring (bicyclic) bond motifs is 1. The molecular formula is C28H28N2O3. The van der Waals surface area contributed by atoms with E-state index >= 15 is 0 Å². The summed E-state index contributed by atoms with van der Waals surface area (Å²) in [6.45, 7) is 2.57. The van der Waals surface area contributed by atoms with Crippen molar-refractivity contribution in [1.82, 2.24) is 0 Å². The van der Waals surface area contributed by atoms with Gasteiger partial charge in [-0.25, -0.2) is 0 Å². The van der Waals surface area contributed by atoms with Crippen LogP contribution in [0.4, 0.5) is 11.4 Å². The Kier molecular flexibility index (Phi) is 5.78. The molecule has 3 aromatic rings. The second kappa shape index (κ2) is 9.02. The van der Waals surface area contributed by atoms with Crippen molar-refractivity contribution in [2.24, 2.45) is 0 Å². The van der Waals surface area contributed by atoms with Crippen LogP contribution >= 0.6 is 0 Å². The first-order chi connectivity index (χ1) is 16.2. The number of ether oxygens (including phenoxy) is 2. The van der Waals surface area contributed by atoms with Crippen LogP contribution in [0, 0.1) is 0 Å². The van der Waals surface area contributed by atoms with Gasteiger partial charge in [0.2, 0.25) is 0 Å². The Morgan fingerprint density at radius 2 is 1.61 bits per heavy atom. The Morgan fingerprint density at radius 1 is 0.879 bits per heavy atom. The molecule has 1 aliphatic carbocycles. The number of carbonyl (C=O) groups excluding carboxylic acids is 1. The summed E-state index contributed by atoms with van der Waals surface area (Å²) in [4.78, 5) is 13.7. The van der Waals surface area contributed by atoms with Crippen LogP contribution in [0.25, 0.3) is 0 Å². The number of anilines is 2. The van der Waals surface area contributed by atoms with Crippen LogP contribution in [0.5, 0.6) is 11.5 Å². The molecule has 0 radical (unpaired) electrons. The Hall–Kier alpha value is -3.73. The number of nitrogens with one attached hydrogen (secondary N) is 2. The highest BCUT2D eigenvalue weighted by atomic mass is 16.5. The van der Waals surface area contributed by atoms with Gasteiger partial charge in [-0.3, -0.25) is 4.79 Å². The predicted octanol–water partition coefficient (Wildman–Crippen LogP) is 6.07. The molecule has 1 aliphatic heterocycles. The number of rotatable bonds is 5. The fraction of sp³-hybridized carbons (Fsp3) is 0.250. The van der Waals surface area contributed by atoms with E-state index in [2.05, 4.69) is 22.8 Å². The Bertz CT molecular complexity index is 1220. The third-order valence-electron chi connectivity index (χ3n) is 6.38. The molecule has 5 rings (SSSR count). The van der Waals surface area contributed by atoms with Crippen LogP contribution in [-0.4, -0.2) is 19.5 Å². The van der Waals surface area contributed by atoms with Crippen LogP contribution in [-0.2, 0) is 4.79 Å². The van der Waals surface area contributed by atoms with Crippen molar-refractivity contribution >= 4 is 17.2 Å². The highest BCUT2D eigenvalue weighted by molar-refractivity contribution is 6.01. The quantitative estimate of drug-likeness (QED) is 0.504. The predicted molar refractivity (Wildman–Crippen MR) is 131 cm³/mol. The molecule has 2 atom stereocenters. The van der Waals surface area contributed by atoms with Gasteiger partial charge in [-0.2, -0.15) is 0 Å². The van der Waals surface area contributed by atoms with Gasteiger partial charge in [0.1, 0.15) is 11.5 Å². The smallest absolute Gasteiger partial charge is 0.163 e. The fourth-order valence-electron chi connectivity index (χ4n) is 4.82. The van der Waals surface area contributed by atoms with Crippen LogP contribution in [0.15, 0.2) is 84.1 Å². The molecule has 0 spiro atoms. The van der Waals surface area contributed by atoms with E-state index in [1.807, 2.05) is 67.6 Å². The van der Waals surface area contributed by atoms with Crippen molar-refractivity contribution in [2.45, 2.75) is 31.7 Å². The molecule has 2 N–H and O–H groups in total. The number of Topliss-reactive ketones (excluding diaryl/α,β-unsaturated/α-hetero) is 1. The minimum absolute atomic E-state index is 0.0968. The third-order valence-corrected chi connectivity index (χ3v) is 6.38. The van der Waals surface area contributed by atoms with Gasteiger partial charge in [-0.05, 0) is 66.8 Å². The summed E-state index contributed by atoms with van der Waals surface area (Å²) in [5, 5.41) is 7.22. The maximum absolute atomic E-state index is 13.7. The van der Waals surface area contributed by atoms with Crippen molar-refractivity contribution in [3.8, 4) is 11.5 Å². The number of para-hydroxylation sites is 2. The third kappa shape index (κ3) is 4.19. The minimum Gasteiger partial charge on any atom is -0.497 e. The van der Waals surface area contributed by atoms with E-state index in [1.165, 1.54) is 0 Å². The lowest BCUT2D eigenvalue weighted by molar-refractivity contribution is -0.116. The first kappa shape index (κ1) is 21.1. The number of benzene rings is 3. The first-order valence-electron chi connectivity index (χ1n) is 11.4. The van der Waals surface area contributed by atoms with Crippen molar-refractivity contribution < 1.29 is 14.3 Å². The van der Waals surface area contributed by atoms with Crippen LogP contribution in [0.1, 0.15) is 42.9 Å². The number of ketones is 1. The Balaban J connectivity index is 1.58. The van der Waals surface area contributed by atoms with Crippen molar-refractivity contribution in [1.29, 1.82) is 0 Å². The van der Waals surface area contributed by atoms with Gasteiger partial charge in [0, 0.05) is 17.7 Å². The number of allylic oxidation sites excluding steroid dienone is 1. The monoisotopic (exact) mass is 440 g/mol. The topological polar surface area (TPSA) is 59.6 Å². The number of hydrogen-bond donors (Lipinski definition) is 2. The summed E-state index contributed by atoms with van der Waals surface area (Å²) in [5.41, 5.74) is 5.87. The molecule has 5 nitrogen and oxygen atoms in total. The maximum Gasteiger partial charge on any atom is 0.163 e. The number of hydrogen-bond acceptors (Lipinski definition) is 5. The van der Waals surface area contributed by atoms with E-state index in [0.29, 0.717) is 13.0 Å². The summed E-state index contributed by atoms with van der Waals surface area (Å²) in [5.74, 6) is 1.87. The van der Waals surface area contributed by atoms with Gasteiger partial charge in [0.15, 0.2) is 5.78 Å². The summed E-state index contributed by atoms with van der Waals surface area (Å²) < 4.78 is 11.2. The molecule has 0 bridgehead atoms. The largest absolute Gasteiger partial charge is 0.497 e. The molecule has 168 valence electrons. The maximum atomic E-state index is 13.7. The molecule has 33 heavy (non-hydrogen) atoms. The summed E-state index contributed by atoms with van der Waals surface area (Å²) in [7, 11) is 1.67. The molecule has 0 unspecified atom stereocenters. The van der Waals surface area contributed by atoms with E-state index in [-0.39, 0.29) is 17.7 Å². The standard InChI is InChI=1S/C28H28N2O3/c1-3-33-22-11-7-9-19(15-22)28-27-25(29-23-12-4-5-13-24(23)30-28)16-20(17-26(27)31)18-8-6-10-21(14-18)32-2/h4-15,20,28-30H,3,16-17H2,1-2H3/t20-,28-/m1/s1. The number of carbonyl (C=O) groups is 1. The molecule has 0 fully saturated rings. The van der Waals surface area contributed by atoms with Gasteiger partial charge in [-0.15, -0.1) is 0 Å². The molecule has 0 saturated heterocycles.